The number of nitrogens with zero attached hydrogens (tertiary/aromatic N) is 1. The molecule has 17 heavy (non-hydrogen) atoms. The molecule has 94 valence electrons. The van der Waals surface area contributed by atoms with Crippen LogP contribution in [0.4, 0.5) is 0 Å². The molecule has 1 aromatic rings. The van der Waals surface area contributed by atoms with E-state index in [9.17, 15) is 19.8 Å². The van der Waals surface area contributed by atoms with Gasteiger partial charge in [0.15, 0.2) is 0 Å². The molecular weight excluding hydrogens is 230 g/mol. The summed E-state index contributed by atoms with van der Waals surface area (Å²) in [5.74, 6) is 0. The van der Waals surface area contributed by atoms with E-state index in [1.54, 1.807) is 0 Å². The molecule has 0 bridgehead atoms. The van der Waals surface area contributed by atoms with Crippen LogP contribution in [0.1, 0.15) is 6.17 Å². The lowest BCUT2D eigenvalue weighted by molar-refractivity contribution is 0.0100. The lowest BCUT2D eigenvalue weighted by Gasteiger charge is -2.17. The van der Waals surface area contributed by atoms with Crippen LogP contribution in [0.3, 0.4) is 0 Å². The molecular formula is C9H13N3O5. The second kappa shape index (κ2) is 4.41. The SMILES string of the molecule is O=c1ccn([C@@H]2N[C@H](CO)[C@@H](O)[C@H]2O)c(=O)[nH]1. The Morgan fingerprint density at radius 2 is 2.00 bits per heavy atom. The molecule has 0 spiro atoms. The zero-order valence-electron chi connectivity index (χ0n) is 8.78. The van der Waals surface area contributed by atoms with Gasteiger partial charge in [0.25, 0.3) is 5.56 Å². The van der Waals surface area contributed by atoms with Gasteiger partial charge in [0, 0.05) is 12.3 Å². The number of H-pyrrole nitrogens is 1. The largest absolute Gasteiger partial charge is 0.395 e. The van der Waals surface area contributed by atoms with E-state index in [0.29, 0.717) is 0 Å². The lowest BCUT2D eigenvalue weighted by Crippen LogP contribution is -2.40. The first-order valence-electron chi connectivity index (χ1n) is 5.09. The van der Waals surface area contributed by atoms with Gasteiger partial charge in [-0.2, -0.15) is 0 Å². The highest BCUT2D eigenvalue weighted by Gasteiger charge is 2.41. The Kier molecular flexibility index (Phi) is 3.11. The fraction of sp³-hybridized carbons (Fsp3) is 0.556. The number of aliphatic hydroxyl groups is 3. The minimum Gasteiger partial charge on any atom is -0.395 e. The lowest BCUT2D eigenvalue weighted by atomic mass is 10.1. The van der Waals surface area contributed by atoms with Gasteiger partial charge in [0.05, 0.1) is 12.6 Å². The van der Waals surface area contributed by atoms with E-state index in [1.807, 2.05) is 4.98 Å². The van der Waals surface area contributed by atoms with Crippen molar-refractivity contribution in [3.05, 3.63) is 33.1 Å². The molecule has 0 amide bonds. The Morgan fingerprint density at radius 1 is 1.29 bits per heavy atom. The van der Waals surface area contributed by atoms with E-state index >= 15 is 0 Å². The Morgan fingerprint density at radius 3 is 2.53 bits per heavy atom. The van der Waals surface area contributed by atoms with Crippen LogP contribution in [0, 0.1) is 0 Å². The summed E-state index contributed by atoms with van der Waals surface area (Å²) in [6.07, 6.45) is -2.08. The van der Waals surface area contributed by atoms with Crippen LogP contribution in [0.25, 0.3) is 0 Å². The first-order valence-corrected chi connectivity index (χ1v) is 5.09. The van der Waals surface area contributed by atoms with E-state index in [4.69, 9.17) is 5.11 Å². The normalized spacial score (nSPS) is 32.9. The highest BCUT2D eigenvalue weighted by Crippen LogP contribution is 2.20. The van der Waals surface area contributed by atoms with Crippen LogP contribution >= 0.6 is 0 Å². The van der Waals surface area contributed by atoms with Crippen LogP contribution < -0.4 is 16.6 Å². The first kappa shape index (κ1) is 12.0. The first-order chi connectivity index (χ1) is 8.04. The Labute approximate surface area is 95.2 Å². The third-order valence-corrected chi connectivity index (χ3v) is 2.82. The van der Waals surface area contributed by atoms with Crippen molar-refractivity contribution in [1.82, 2.24) is 14.9 Å². The fourth-order valence-electron chi connectivity index (χ4n) is 1.89. The summed E-state index contributed by atoms with van der Waals surface area (Å²) in [6, 6.07) is 0.419. The maximum atomic E-state index is 11.5. The molecule has 8 nitrogen and oxygen atoms in total. The molecule has 1 fully saturated rings. The van der Waals surface area contributed by atoms with Crippen molar-refractivity contribution in [2.75, 3.05) is 6.61 Å². The van der Waals surface area contributed by atoms with Crippen molar-refractivity contribution in [3.8, 4) is 0 Å². The van der Waals surface area contributed by atoms with Crippen molar-refractivity contribution < 1.29 is 15.3 Å². The van der Waals surface area contributed by atoms with Crippen LogP contribution in [-0.4, -0.2) is 49.7 Å². The molecule has 5 N–H and O–H groups in total. The number of hydrogen-bond donors (Lipinski definition) is 5. The molecule has 0 aliphatic carbocycles. The van der Waals surface area contributed by atoms with Gasteiger partial charge in [-0.05, 0) is 0 Å². The number of aromatic nitrogens is 2. The molecule has 1 saturated heterocycles. The van der Waals surface area contributed by atoms with Gasteiger partial charge in [0.1, 0.15) is 18.4 Å². The van der Waals surface area contributed by atoms with E-state index in [0.717, 1.165) is 10.6 Å². The maximum Gasteiger partial charge on any atom is 0.329 e. The van der Waals surface area contributed by atoms with Gasteiger partial charge in [-0.3, -0.25) is 19.7 Å². The van der Waals surface area contributed by atoms with E-state index in [2.05, 4.69) is 5.32 Å². The molecule has 0 radical (unpaired) electrons. The molecule has 0 saturated carbocycles. The van der Waals surface area contributed by atoms with Gasteiger partial charge in [-0.15, -0.1) is 0 Å². The summed E-state index contributed by atoms with van der Waals surface area (Å²) in [4.78, 5) is 24.4. The average Bonchev–Trinajstić information content (AvgIpc) is 2.57. The van der Waals surface area contributed by atoms with Crippen LogP contribution in [0.2, 0.25) is 0 Å². The second-order valence-corrected chi connectivity index (χ2v) is 3.90. The minimum absolute atomic E-state index is 0.368. The van der Waals surface area contributed by atoms with Crippen LogP contribution in [-0.2, 0) is 0 Å². The summed E-state index contributed by atoms with van der Waals surface area (Å²) in [7, 11) is 0. The third kappa shape index (κ3) is 2.03. The highest BCUT2D eigenvalue weighted by molar-refractivity contribution is 4.98. The average molecular weight is 243 g/mol. The molecule has 2 heterocycles. The van der Waals surface area contributed by atoms with E-state index in [1.165, 1.54) is 6.20 Å². The number of nitrogens with one attached hydrogen (secondary N) is 2. The second-order valence-electron chi connectivity index (χ2n) is 3.90. The van der Waals surface area contributed by atoms with Gasteiger partial charge < -0.3 is 15.3 Å². The van der Waals surface area contributed by atoms with Gasteiger partial charge >= 0.3 is 5.69 Å². The summed E-state index contributed by atoms with van der Waals surface area (Å²) < 4.78 is 1.06. The molecule has 1 aliphatic rings. The van der Waals surface area contributed by atoms with Gasteiger partial charge in [-0.25, -0.2) is 4.79 Å². The summed E-state index contributed by atoms with van der Waals surface area (Å²) >= 11 is 0. The quantitative estimate of drug-likeness (QED) is 0.370. The smallest absolute Gasteiger partial charge is 0.329 e. The number of hydrogen-bond acceptors (Lipinski definition) is 6. The molecule has 1 aliphatic heterocycles. The van der Waals surface area contributed by atoms with Crippen molar-refractivity contribution in [3.63, 3.8) is 0 Å². The van der Waals surface area contributed by atoms with E-state index in [-0.39, 0.29) is 6.61 Å². The molecule has 2 rings (SSSR count). The van der Waals surface area contributed by atoms with Crippen molar-refractivity contribution >= 4 is 0 Å². The predicted molar refractivity (Wildman–Crippen MR) is 56.4 cm³/mol. The summed E-state index contributed by atoms with van der Waals surface area (Å²) in [5.41, 5.74) is -1.24. The van der Waals surface area contributed by atoms with Gasteiger partial charge in [-0.1, -0.05) is 0 Å². The molecule has 4 atom stereocenters. The molecule has 1 aromatic heterocycles. The van der Waals surface area contributed by atoms with Crippen LogP contribution in [0.5, 0.6) is 0 Å². The number of rotatable bonds is 2. The Bertz CT molecular complexity index is 510. The summed E-state index contributed by atoms with van der Waals surface area (Å²) in [6.45, 7) is -0.368. The zero-order valence-corrected chi connectivity index (χ0v) is 8.78. The summed E-state index contributed by atoms with van der Waals surface area (Å²) in [5, 5.41) is 31.0. The van der Waals surface area contributed by atoms with Crippen molar-refractivity contribution in [1.29, 1.82) is 0 Å². The highest BCUT2D eigenvalue weighted by atomic mass is 16.3. The van der Waals surface area contributed by atoms with Crippen LogP contribution in [0.15, 0.2) is 21.9 Å². The van der Waals surface area contributed by atoms with Crippen molar-refractivity contribution in [2.45, 2.75) is 24.4 Å². The van der Waals surface area contributed by atoms with Gasteiger partial charge in [0.2, 0.25) is 0 Å². The van der Waals surface area contributed by atoms with E-state index < -0.39 is 35.7 Å². The molecule has 0 unspecified atom stereocenters. The Balaban J connectivity index is 2.35. The predicted octanol–water partition coefficient (Wildman–Crippen LogP) is -3.28. The fourth-order valence-corrected chi connectivity index (χ4v) is 1.89. The topological polar surface area (TPSA) is 128 Å². The standard InChI is InChI=1S/C9H13N3O5/c13-3-4-6(15)7(16)8(10-4)12-2-1-5(14)11-9(12)17/h1-2,4,6-8,10,13,15-16H,3H2,(H,11,14,17)/t4-,6-,7-,8+/m1/s1. The third-order valence-electron chi connectivity index (χ3n) is 2.82. The molecule has 0 aromatic carbocycles. The van der Waals surface area contributed by atoms with Crippen molar-refractivity contribution in [2.24, 2.45) is 0 Å². The minimum atomic E-state index is -1.24. The maximum absolute atomic E-state index is 11.5. The zero-order chi connectivity index (χ0) is 12.6. The number of aromatic amines is 1. The monoisotopic (exact) mass is 243 g/mol. The molecule has 8 heteroatoms. The Hall–Kier alpha value is -1.48. The number of aliphatic hydroxyl groups excluding tert-OH is 3.